The van der Waals surface area contributed by atoms with Gasteiger partial charge in [0, 0.05) is 23.5 Å². The van der Waals surface area contributed by atoms with Crippen molar-refractivity contribution in [3.05, 3.63) is 35.0 Å². The number of benzene rings is 1. The second kappa shape index (κ2) is 5.95. The van der Waals surface area contributed by atoms with Crippen molar-refractivity contribution in [2.45, 2.75) is 6.42 Å². The third-order valence-corrected chi connectivity index (χ3v) is 3.75. The molecule has 2 heterocycles. The van der Waals surface area contributed by atoms with E-state index in [2.05, 4.69) is 0 Å². The van der Waals surface area contributed by atoms with Gasteiger partial charge >= 0.3 is 5.97 Å². The zero-order valence-electron chi connectivity index (χ0n) is 10.9. The third-order valence-electron chi connectivity index (χ3n) is 3.51. The Morgan fingerprint density at radius 3 is 2.76 bits per heavy atom. The molecule has 1 aromatic carbocycles. The summed E-state index contributed by atoms with van der Waals surface area (Å²) in [4.78, 5) is 24.7. The van der Waals surface area contributed by atoms with Crippen molar-refractivity contribution in [2.24, 2.45) is 5.92 Å². The minimum absolute atomic E-state index is 0. The van der Waals surface area contributed by atoms with Crippen molar-refractivity contribution in [1.29, 1.82) is 0 Å². The average Bonchev–Trinajstić information content (AvgIpc) is 3.03. The molecule has 2 aromatic rings. The molecule has 1 amide bonds. The van der Waals surface area contributed by atoms with Crippen molar-refractivity contribution in [2.75, 3.05) is 13.1 Å². The van der Waals surface area contributed by atoms with Gasteiger partial charge in [-0.3, -0.25) is 9.59 Å². The fraction of sp³-hybridized carbons (Fsp3) is 0.286. The molecule has 5 nitrogen and oxygen atoms in total. The molecule has 3 rings (SSSR count). The number of hydrogen-bond acceptors (Lipinski definition) is 3. The Bertz CT molecular complexity index is 697. The van der Waals surface area contributed by atoms with Gasteiger partial charge in [0.15, 0.2) is 5.76 Å². The number of nitrogens with zero attached hydrogens (tertiary/aromatic N) is 1. The molecule has 1 atom stereocenters. The lowest BCUT2D eigenvalue weighted by atomic mass is 10.1. The summed E-state index contributed by atoms with van der Waals surface area (Å²) in [6, 6.07) is 6.76. The summed E-state index contributed by atoms with van der Waals surface area (Å²) in [5, 5.41) is 10.3. The molecule has 1 aliphatic rings. The normalized spacial score (nSPS) is 17.8. The van der Waals surface area contributed by atoms with E-state index in [4.69, 9.17) is 21.1 Å². The van der Waals surface area contributed by atoms with E-state index in [9.17, 15) is 9.59 Å². The summed E-state index contributed by atoms with van der Waals surface area (Å²) in [6.07, 6.45) is 0.479. The fourth-order valence-corrected chi connectivity index (χ4v) is 2.60. The molecule has 1 fully saturated rings. The molecule has 0 spiro atoms. The van der Waals surface area contributed by atoms with Crippen LogP contribution in [0.25, 0.3) is 11.0 Å². The molecule has 21 heavy (non-hydrogen) atoms. The van der Waals surface area contributed by atoms with Gasteiger partial charge in [0.2, 0.25) is 0 Å². The van der Waals surface area contributed by atoms with E-state index in [1.165, 1.54) is 4.90 Å². The maximum absolute atomic E-state index is 12.3. The number of fused-ring (bicyclic) bond motifs is 1. The highest BCUT2D eigenvalue weighted by Crippen LogP contribution is 2.25. The lowest BCUT2D eigenvalue weighted by Gasteiger charge is -2.13. The number of aliphatic carboxylic acids is 1. The number of rotatable bonds is 2. The number of hydrogen-bond donors (Lipinski definition) is 1. The van der Waals surface area contributed by atoms with Gasteiger partial charge in [-0.25, -0.2) is 0 Å². The van der Waals surface area contributed by atoms with Crippen LogP contribution in [-0.2, 0) is 4.79 Å². The molecular formula is C14H13Cl2NO4. The number of likely N-dealkylation sites (tertiary alicyclic amines) is 1. The monoisotopic (exact) mass is 329 g/mol. The van der Waals surface area contributed by atoms with Gasteiger partial charge in [0.05, 0.1) is 5.92 Å². The summed E-state index contributed by atoms with van der Waals surface area (Å²) >= 11 is 5.89. The number of carboxylic acid groups (broad SMARTS) is 1. The summed E-state index contributed by atoms with van der Waals surface area (Å²) in [5.41, 5.74) is 0.590. The molecule has 0 saturated carbocycles. The van der Waals surface area contributed by atoms with Crippen LogP contribution in [0.4, 0.5) is 0 Å². The van der Waals surface area contributed by atoms with Crippen molar-refractivity contribution < 1.29 is 19.1 Å². The summed E-state index contributed by atoms with van der Waals surface area (Å²) in [6.45, 7) is 0.666. The Morgan fingerprint density at radius 2 is 2.10 bits per heavy atom. The maximum Gasteiger partial charge on any atom is 0.308 e. The zero-order chi connectivity index (χ0) is 14.3. The van der Waals surface area contributed by atoms with E-state index in [0.29, 0.717) is 23.6 Å². The minimum Gasteiger partial charge on any atom is -0.481 e. The first-order valence-electron chi connectivity index (χ1n) is 6.26. The fourth-order valence-electron chi connectivity index (χ4n) is 2.42. The Balaban J connectivity index is 0.00000161. The second-order valence-electron chi connectivity index (χ2n) is 4.87. The average molecular weight is 330 g/mol. The molecule has 1 saturated heterocycles. The summed E-state index contributed by atoms with van der Waals surface area (Å²) in [7, 11) is 0. The van der Waals surface area contributed by atoms with Crippen molar-refractivity contribution in [1.82, 2.24) is 4.90 Å². The van der Waals surface area contributed by atoms with E-state index >= 15 is 0 Å². The van der Waals surface area contributed by atoms with Crippen LogP contribution < -0.4 is 0 Å². The number of carbonyl (C=O) groups is 2. The predicted octanol–water partition coefficient (Wildman–Crippen LogP) is 3.05. The van der Waals surface area contributed by atoms with Gasteiger partial charge in [-0.2, -0.15) is 0 Å². The Kier molecular flexibility index (Phi) is 4.44. The standard InChI is InChI=1S/C14H12ClNO4.ClH/c15-10-1-2-11-9(5-10)6-12(20-11)13(17)16-4-3-8(7-16)14(18)19;/h1-2,5-6,8H,3-4,7H2,(H,18,19);1H. The van der Waals surface area contributed by atoms with Gasteiger partial charge in [-0.15, -0.1) is 12.4 Å². The van der Waals surface area contributed by atoms with E-state index < -0.39 is 11.9 Å². The van der Waals surface area contributed by atoms with Crippen LogP contribution in [0, 0.1) is 5.92 Å². The smallest absolute Gasteiger partial charge is 0.308 e. The van der Waals surface area contributed by atoms with Crippen LogP contribution in [0.1, 0.15) is 17.0 Å². The first-order valence-corrected chi connectivity index (χ1v) is 6.63. The molecule has 112 valence electrons. The predicted molar refractivity (Wildman–Crippen MR) is 80.1 cm³/mol. The maximum atomic E-state index is 12.3. The molecule has 0 radical (unpaired) electrons. The van der Waals surface area contributed by atoms with Crippen molar-refractivity contribution in [3.63, 3.8) is 0 Å². The largest absolute Gasteiger partial charge is 0.481 e. The molecule has 1 aliphatic heterocycles. The van der Waals surface area contributed by atoms with Crippen molar-refractivity contribution >= 4 is 46.9 Å². The van der Waals surface area contributed by atoms with Gasteiger partial charge < -0.3 is 14.4 Å². The Morgan fingerprint density at radius 1 is 1.33 bits per heavy atom. The SMILES string of the molecule is Cl.O=C(O)C1CCN(C(=O)c2cc3cc(Cl)ccc3o2)C1. The van der Waals surface area contributed by atoms with E-state index in [1.807, 2.05) is 0 Å². The van der Waals surface area contributed by atoms with Gasteiger partial charge in [-0.1, -0.05) is 11.6 Å². The topological polar surface area (TPSA) is 70.8 Å². The highest BCUT2D eigenvalue weighted by Gasteiger charge is 2.32. The summed E-state index contributed by atoms with van der Waals surface area (Å²) in [5.74, 6) is -1.41. The van der Waals surface area contributed by atoms with Gasteiger partial charge in [0.1, 0.15) is 5.58 Å². The summed E-state index contributed by atoms with van der Waals surface area (Å²) < 4.78 is 5.50. The number of amides is 1. The quantitative estimate of drug-likeness (QED) is 0.919. The lowest BCUT2D eigenvalue weighted by Crippen LogP contribution is -2.29. The van der Waals surface area contributed by atoms with Crippen LogP contribution in [0.15, 0.2) is 28.7 Å². The molecular weight excluding hydrogens is 317 g/mol. The highest BCUT2D eigenvalue weighted by molar-refractivity contribution is 6.31. The Hall–Kier alpha value is -1.72. The molecule has 0 bridgehead atoms. The third kappa shape index (κ3) is 2.99. The molecule has 1 aromatic heterocycles. The first kappa shape index (κ1) is 15.7. The molecule has 0 aliphatic carbocycles. The number of halogens is 2. The van der Waals surface area contributed by atoms with E-state index in [0.717, 1.165) is 5.39 Å². The van der Waals surface area contributed by atoms with Crippen LogP contribution >= 0.6 is 24.0 Å². The van der Waals surface area contributed by atoms with Crippen LogP contribution in [-0.4, -0.2) is 35.0 Å². The molecule has 7 heteroatoms. The number of carboxylic acids is 1. The van der Waals surface area contributed by atoms with Crippen LogP contribution in [0.3, 0.4) is 0 Å². The molecule has 1 N–H and O–H groups in total. The van der Waals surface area contributed by atoms with Crippen LogP contribution in [0.5, 0.6) is 0 Å². The second-order valence-corrected chi connectivity index (χ2v) is 5.30. The lowest BCUT2D eigenvalue weighted by molar-refractivity contribution is -0.141. The first-order chi connectivity index (χ1) is 9.54. The van der Waals surface area contributed by atoms with E-state index in [-0.39, 0.29) is 30.6 Å². The van der Waals surface area contributed by atoms with Gasteiger partial charge in [0.25, 0.3) is 5.91 Å². The highest BCUT2D eigenvalue weighted by atomic mass is 35.5. The minimum atomic E-state index is -0.864. The zero-order valence-corrected chi connectivity index (χ0v) is 12.5. The van der Waals surface area contributed by atoms with Crippen LogP contribution in [0.2, 0.25) is 5.02 Å². The van der Waals surface area contributed by atoms with E-state index in [1.54, 1.807) is 24.3 Å². The Labute approximate surface area is 131 Å². The number of carbonyl (C=O) groups excluding carboxylic acids is 1. The molecule has 1 unspecified atom stereocenters. The van der Waals surface area contributed by atoms with Gasteiger partial charge in [-0.05, 0) is 30.7 Å². The van der Waals surface area contributed by atoms with Crippen molar-refractivity contribution in [3.8, 4) is 0 Å². The number of furan rings is 1.